The average Bonchev–Trinajstić information content (AvgIpc) is 2.75. The standard InChI is InChI=1S/C23H22N2O4/c1-16(22(26)24-17-8-4-3-5-9-17)29-19-14-12-18(13-15-19)25-23(27)20-10-6-7-11-21(20)28-2/h3-16H,1-2H3,(H,24,26)(H,25,27). The molecule has 1 unspecified atom stereocenters. The molecule has 0 bridgehead atoms. The van der Waals surface area contributed by atoms with Gasteiger partial charge in [0.1, 0.15) is 11.5 Å². The van der Waals surface area contributed by atoms with Crippen molar-refractivity contribution in [2.45, 2.75) is 13.0 Å². The average molecular weight is 390 g/mol. The molecule has 3 aromatic carbocycles. The van der Waals surface area contributed by atoms with Gasteiger partial charge < -0.3 is 20.1 Å². The molecule has 2 amide bonds. The summed E-state index contributed by atoms with van der Waals surface area (Å²) in [6.07, 6.45) is -0.677. The summed E-state index contributed by atoms with van der Waals surface area (Å²) in [5, 5.41) is 5.61. The summed E-state index contributed by atoms with van der Waals surface area (Å²) in [4.78, 5) is 24.7. The number of methoxy groups -OCH3 is 1. The number of para-hydroxylation sites is 2. The largest absolute Gasteiger partial charge is 0.496 e. The van der Waals surface area contributed by atoms with E-state index in [9.17, 15) is 9.59 Å². The van der Waals surface area contributed by atoms with Crippen molar-refractivity contribution < 1.29 is 19.1 Å². The Hall–Kier alpha value is -3.80. The van der Waals surface area contributed by atoms with Crippen molar-refractivity contribution in [2.75, 3.05) is 17.7 Å². The van der Waals surface area contributed by atoms with Gasteiger partial charge in [0, 0.05) is 11.4 Å². The molecule has 0 aliphatic carbocycles. The number of nitrogens with one attached hydrogen (secondary N) is 2. The van der Waals surface area contributed by atoms with E-state index in [1.807, 2.05) is 30.3 Å². The highest BCUT2D eigenvalue weighted by atomic mass is 16.5. The van der Waals surface area contributed by atoms with Crippen LogP contribution in [0, 0.1) is 0 Å². The molecule has 6 heteroatoms. The molecule has 6 nitrogen and oxygen atoms in total. The minimum Gasteiger partial charge on any atom is -0.496 e. The van der Waals surface area contributed by atoms with Crippen LogP contribution in [0.3, 0.4) is 0 Å². The second-order valence-electron chi connectivity index (χ2n) is 6.29. The summed E-state index contributed by atoms with van der Waals surface area (Å²) >= 11 is 0. The maximum absolute atomic E-state index is 12.4. The molecule has 0 aromatic heterocycles. The Labute approximate surface area is 169 Å². The van der Waals surface area contributed by atoms with Crippen LogP contribution in [0.15, 0.2) is 78.9 Å². The Morgan fingerprint density at radius 1 is 0.793 bits per heavy atom. The van der Waals surface area contributed by atoms with Crippen molar-refractivity contribution in [3.63, 3.8) is 0 Å². The molecule has 0 radical (unpaired) electrons. The van der Waals surface area contributed by atoms with Gasteiger partial charge in [-0.2, -0.15) is 0 Å². The van der Waals surface area contributed by atoms with Crippen LogP contribution in [0.2, 0.25) is 0 Å². The molecule has 0 aliphatic heterocycles. The number of hydrogen-bond acceptors (Lipinski definition) is 4. The van der Waals surface area contributed by atoms with Crippen LogP contribution >= 0.6 is 0 Å². The number of benzene rings is 3. The molecule has 1 atom stereocenters. The lowest BCUT2D eigenvalue weighted by Crippen LogP contribution is -2.30. The molecule has 148 valence electrons. The summed E-state index contributed by atoms with van der Waals surface area (Å²) in [6.45, 7) is 1.68. The first-order chi connectivity index (χ1) is 14.1. The van der Waals surface area contributed by atoms with Crippen molar-refractivity contribution >= 4 is 23.2 Å². The molecule has 0 aliphatic rings. The van der Waals surface area contributed by atoms with E-state index in [0.29, 0.717) is 28.4 Å². The minimum atomic E-state index is -0.677. The Bertz CT molecular complexity index is 972. The van der Waals surface area contributed by atoms with E-state index in [4.69, 9.17) is 9.47 Å². The first-order valence-electron chi connectivity index (χ1n) is 9.14. The van der Waals surface area contributed by atoms with Crippen molar-refractivity contribution in [1.29, 1.82) is 0 Å². The van der Waals surface area contributed by atoms with Crippen molar-refractivity contribution in [3.8, 4) is 11.5 Å². The highest BCUT2D eigenvalue weighted by molar-refractivity contribution is 6.06. The summed E-state index contributed by atoms with van der Waals surface area (Å²) < 4.78 is 10.9. The molecule has 0 fully saturated rings. The summed E-state index contributed by atoms with van der Waals surface area (Å²) in [6, 6.07) is 23.0. The van der Waals surface area contributed by atoms with Crippen LogP contribution in [-0.4, -0.2) is 25.0 Å². The van der Waals surface area contributed by atoms with E-state index in [-0.39, 0.29) is 11.8 Å². The fourth-order valence-electron chi connectivity index (χ4n) is 2.67. The first-order valence-corrected chi connectivity index (χ1v) is 9.14. The minimum absolute atomic E-state index is 0.246. The van der Waals surface area contributed by atoms with E-state index in [1.165, 1.54) is 7.11 Å². The van der Waals surface area contributed by atoms with Crippen molar-refractivity contribution in [1.82, 2.24) is 0 Å². The lowest BCUT2D eigenvalue weighted by Gasteiger charge is -2.15. The molecule has 0 spiro atoms. The van der Waals surface area contributed by atoms with Crippen molar-refractivity contribution in [2.24, 2.45) is 0 Å². The van der Waals surface area contributed by atoms with Gasteiger partial charge in [0.15, 0.2) is 6.10 Å². The lowest BCUT2D eigenvalue weighted by atomic mass is 10.2. The van der Waals surface area contributed by atoms with Gasteiger partial charge in [-0.1, -0.05) is 30.3 Å². The number of amides is 2. The third-order valence-electron chi connectivity index (χ3n) is 4.19. The molecule has 3 rings (SSSR count). The zero-order chi connectivity index (χ0) is 20.6. The van der Waals surface area contributed by atoms with Gasteiger partial charge in [0.25, 0.3) is 11.8 Å². The maximum Gasteiger partial charge on any atom is 0.265 e. The predicted octanol–water partition coefficient (Wildman–Crippen LogP) is 4.35. The number of ether oxygens (including phenoxy) is 2. The monoisotopic (exact) mass is 390 g/mol. The highest BCUT2D eigenvalue weighted by Crippen LogP contribution is 2.21. The molecular weight excluding hydrogens is 368 g/mol. The van der Waals surface area contributed by atoms with Gasteiger partial charge >= 0.3 is 0 Å². The normalized spacial score (nSPS) is 11.2. The third-order valence-corrected chi connectivity index (χ3v) is 4.19. The summed E-state index contributed by atoms with van der Waals surface area (Å²) in [5.74, 6) is 0.510. The van der Waals surface area contributed by atoms with E-state index >= 15 is 0 Å². The van der Waals surface area contributed by atoms with E-state index in [0.717, 1.165) is 0 Å². The second-order valence-corrected chi connectivity index (χ2v) is 6.29. The Morgan fingerprint density at radius 2 is 1.41 bits per heavy atom. The Morgan fingerprint density at radius 3 is 2.10 bits per heavy atom. The number of hydrogen-bond donors (Lipinski definition) is 2. The fourth-order valence-corrected chi connectivity index (χ4v) is 2.67. The number of carbonyl (C=O) groups is 2. The Kier molecular flexibility index (Phi) is 6.47. The van der Waals surface area contributed by atoms with E-state index < -0.39 is 6.10 Å². The summed E-state index contributed by atoms with van der Waals surface area (Å²) in [5.41, 5.74) is 1.76. The van der Waals surface area contributed by atoms with E-state index in [2.05, 4.69) is 10.6 Å². The number of anilines is 2. The van der Waals surface area contributed by atoms with E-state index in [1.54, 1.807) is 55.5 Å². The van der Waals surface area contributed by atoms with Gasteiger partial charge in [0.05, 0.1) is 12.7 Å². The third kappa shape index (κ3) is 5.35. The molecular formula is C23H22N2O4. The lowest BCUT2D eigenvalue weighted by molar-refractivity contribution is -0.122. The van der Waals surface area contributed by atoms with Crippen LogP contribution in [0.4, 0.5) is 11.4 Å². The molecule has 2 N–H and O–H groups in total. The van der Waals surface area contributed by atoms with Crippen molar-refractivity contribution in [3.05, 3.63) is 84.4 Å². The van der Waals surface area contributed by atoms with Crippen LogP contribution in [-0.2, 0) is 4.79 Å². The van der Waals surface area contributed by atoms with Crippen LogP contribution < -0.4 is 20.1 Å². The van der Waals surface area contributed by atoms with Gasteiger partial charge in [0.2, 0.25) is 0 Å². The van der Waals surface area contributed by atoms with Gasteiger partial charge in [-0.25, -0.2) is 0 Å². The predicted molar refractivity (Wildman–Crippen MR) is 113 cm³/mol. The molecule has 3 aromatic rings. The first kappa shape index (κ1) is 19.9. The van der Waals surface area contributed by atoms with Crippen LogP contribution in [0.1, 0.15) is 17.3 Å². The molecule has 0 heterocycles. The maximum atomic E-state index is 12.4. The second kappa shape index (κ2) is 9.41. The topological polar surface area (TPSA) is 76.7 Å². The molecule has 29 heavy (non-hydrogen) atoms. The number of carbonyl (C=O) groups excluding carboxylic acids is 2. The zero-order valence-corrected chi connectivity index (χ0v) is 16.2. The SMILES string of the molecule is COc1ccccc1C(=O)Nc1ccc(OC(C)C(=O)Nc2ccccc2)cc1. The van der Waals surface area contributed by atoms with Crippen LogP contribution in [0.5, 0.6) is 11.5 Å². The van der Waals surface area contributed by atoms with Gasteiger partial charge in [-0.3, -0.25) is 9.59 Å². The fraction of sp³-hybridized carbons (Fsp3) is 0.130. The van der Waals surface area contributed by atoms with Gasteiger partial charge in [-0.15, -0.1) is 0 Å². The Balaban J connectivity index is 1.58. The van der Waals surface area contributed by atoms with Gasteiger partial charge in [-0.05, 0) is 55.5 Å². The smallest absolute Gasteiger partial charge is 0.265 e. The highest BCUT2D eigenvalue weighted by Gasteiger charge is 2.15. The number of rotatable bonds is 7. The quantitative estimate of drug-likeness (QED) is 0.629. The molecule has 0 saturated heterocycles. The van der Waals surface area contributed by atoms with Crippen LogP contribution in [0.25, 0.3) is 0 Å². The summed E-state index contributed by atoms with van der Waals surface area (Å²) in [7, 11) is 1.52. The zero-order valence-electron chi connectivity index (χ0n) is 16.2. The molecule has 0 saturated carbocycles.